The Labute approximate surface area is 159 Å². The average Bonchev–Trinajstić information content (AvgIpc) is 3.13. The molecule has 2 bridgehead atoms. The molecule has 0 radical (unpaired) electrons. The van der Waals surface area contributed by atoms with Crippen LogP contribution in [0.1, 0.15) is 11.4 Å². The number of aliphatic hydroxyl groups excluding tert-OH is 1. The standard InChI is InChI=1S/C20H26N4O3/c1-24(11-8-14-6-2-4-9-21-14)18-19(25)17(16-13-26-20(18)27-16)23-12-15-7-3-5-10-22-15/h2-7,9-10,16-20,23,25H,8,11-13H2,1H3/t16-,17-,18-,19+,20-/m1/s1. The van der Waals surface area contributed by atoms with Crippen molar-refractivity contribution in [1.82, 2.24) is 20.2 Å². The summed E-state index contributed by atoms with van der Waals surface area (Å²) in [5.74, 6) is 0. The summed E-state index contributed by atoms with van der Waals surface area (Å²) >= 11 is 0. The summed E-state index contributed by atoms with van der Waals surface area (Å²) in [6.07, 6.45) is 3.25. The molecule has 2 aliphatic heterocycles. The van der Waals surface area contributed by atoms with Crippen molar-refractivity contribution in [3.63, 3.8) is 0 Å². The highest BCUT2D eigenvalue weighted by Crippen LogP contribution is 2.31. The summed E-state index contributed by atoms with van der Waals surface area (Å²) in [6, 6.07) is 11.3. The summed E-state index contributed by atoms with van der Waals surface area (Å²) in [4.78, 5) is 10.8. The highest BCUT2D eigenvalue weighted by atomic mass is 16.7. The minimum absolute atomic E-state index is 0.144. The van der Waals surface area contributed by atoms with Crippen LogP contribution in [0.5, 0.6) is 0 Å². The predicted octanol–water partition coefficient (Wildman–Crippen LogP) is 0.594. The lowest BCUT2D eigenvalue weighted by Gasteiger charge is -2.42. The maximum atomic E-state index is 11.1. The van der Waals surface area contributed by atoms with Crippen molar-refractivity contribution in [3.05, 3.63) is 60.2 Å². The molecular weight excluding hydrogens is 344 g/mol. The van der Waals surface area contributed by atoms with E-state index in [2.05, 4.69) is 20.2 Å². The van der Waals surface area contributed by atoms with Crippen molar-refractivity contribution < 1.29 is 14.6 Å². The molecule has 2 fully saturated rings. The van der Waals surface area contributed by atoms with E-state index in [1.165, 1.54) is 0 Å². The van der Waals surface area contributed by atoms with Gasteiger partial charge in [0.25, 0.3) is 0 Å². The van der Waals surface area contributed by atoms with Gasteiger partial charge >= 0.3 is 0 Å². The molecule has 0 aromatic carbocycles. The SMILES string of the molecule is CN(CCc1ccccn1)[C@H]1[C@@H]2OC[C@@H](O2)[C@@H](NCc2ccccn2)[C@@H]1O. The van der Waals surface area contributed by atoms with Crippen molar-refractivity contribution in [2.24, 2.45) is 0 Å². The van der Waals surface area contributed by atoms with Crippen LogP contribution in [0.3, 0.4) is 0 Å². The molecule has 144 valence electrons. The van der Waals surface area contributed by atoms with Gasteiger partial charge in [0.15, 0.2) is 6.29 Å². The van der Waals surface area contributed by atoms with Crippen LogP contribution in [-0.4, -0.2) is 70.8 Å². The topological polar surface area (TPSA) is 79.7 Å². The molecule has 0 aliphatic carbocycles. The predicted molar refractivity (Wildman–Crippen MR) is 99.8 cm³/mol. The zero-order valence-electron chi connectivity index (χ0n) is 15.4. The number of nitrogens with zero attached hydrogens (tertiary/aromatic N) is 3. The second-order valence-corrected chi connectivity index (χ2v) is 7.14. The van der Waals surface area contributed by atoms with E-state index in [0.29, 0.717) is 13.2 Å². The third-order valence-corrected chi connectivity index (χ3v) is 5.33. The maximum absolute atomic E-state index is 11.1. The number of aliphatic hydroxyl groups is 1. The van der Waals surface area contributed by atoms with Crippen LogP contribution in [0.15, 0.2) is 48.8 Å². The van der Waals surface area contributed by atoms with E-state index >= 15 is 0 Å². The molecule has 2 aliphatic rings. The molecule has 0 spiro atoms. The number of ether oxygens (including phenoxy) is 2. The van der Waals surface area contributed by atoms with Crippen molar-refractivity contribution in [3.8, 4) is 0 Å². The van der Waals surface area contributed by atoms with Crippen molar-refractivity contribution in [2.75, 3.05) is 20.2 Å². The van der Waals surface area contributed by atoms with E-state index < -0.39 is 12.4 Å². The molecular formula is C20H26N4O3. The second kappa shape index (κ2) is 8.41. The summed E-state index contributed by atoms with van der Waals surface area (Å²) in [5, 5.41) is 14.5. The number of nitrogens with one attached hydrogen (secondary N) is 1. The summed E-state index contributed by atoms with van der Waals surface area (Å²) in [5.41, 5.74) is 1.97. The van der Waals surface area contributed by atoms with E-state index in [0.717, 1.165) is 24.4 Å². The zero-order valence-corrected chi connectivity index (χ0v) is 15.4. The Kier molecular flexibility index (Phi) is 5.75. The minimum Gasteiger partial charge on any atom is -0.390 e. The Morgan fingerprint density at radius 1 is 1.15 bits per heavy atom. The van der Waals surface area contributed by atoms with Gasteiger partial charge in [-0.05, 0) is 31.3 Å². The van der Waals surface area contributed by atoms with Gasteiger partial charge in [-0.3, -0.25) is 14.9 Å². The van der Waals surface area contributed by atoms with Gasteiger partial charge < -0.3 is 19.9 Å². The van der Waals surface area contributed by atoms with Gasteiger partial charge in [0.05, 0.1) is 30.5 Å². The molecule has 0 amide bonds. The van der Waals surface area contributed by atoms with Crippen LogP contribution in [0.4, 0.5) is 0 Å². The Balaban J connectivity index is 1.39. The lowest BCUT2D eigenvalue weighted by atomic mass is 9.94. The number of hydrogen-bond acceptors (Lipinski definition) is 7. The Morgan fingerprint density at radius 2 is 1.89 bits per heavy atom. The highest BCUT2D eigenvalue weighted by Gasteiger charge is 2.51. The number of hydrogen-bond donors (Lipinski definition) is 2. The first-order valence-corrected chi connectivity index (χ1v) is 9.41. The van der Waals surface area contributed by atoms with E-state index in [4.69, 9.17) is 9.47 Å². The Hall–Kier alpha value is -1.90. The second-order valence-electron chi connectivity index (χ2n) is 7.14. The summed E-state index contributed by atoms with van der Waals surface area (Å²) in [7, 11) is 2.00. The van der Waals surface area contributed by atoms with Crippen LogP contribution in [0.25, 0.3) is 0 Å². The number of aromatic nitrogens is 2. The quantitative estimate of drug-likeness (QED) is 0.739. The molecule has 4 rings (SSSR count). The highest BCUT2D eigenvalue weighted by molar-refractivity contribution is 5.07. The molecule has 0 unspecified atom stereocenters. The number of likely N-dealkylation sites (N-methyl/N-ethyl adjacent to an activating group) is 1. The lowest BCUT2D eigenvalue weighted by Crippen LogP contribution is -2.63. The van der Waals surface area contributed by atoms with Crippen molar-refractivity contribution in [2.45, 2.75) is 43.5 Å². The van der Waals surface area contributed by atoms with Gasteiger partial charge in [-0.25, -0.2) is 0 Å². The molecule has 5 atom stereocenters. The monoisotopic (exact) mass is 370 g/mol. The molecule has 2 N–H and O–H groups in total. The van der Waals surface area contributed by atoms with E-state index in [1.807, 2.05) is 43.4 Å². The Bertz CT molecular complexity index is 718. The van der Waals surface area contributed by atoms with Crippen LogP contribution in [0.2, 0.25) is 0 Å². The van der Waals surface area contributed by atoms with Crippen molar-refractivity contribution in [1.29, 1.82) is 0 Å². The largest absolute Gasteiger partial charge is 0.390 e. The number of rotatable bonds is 7. The first kappa shape index (κ1) is 18.5. The molecule has 2 aromatic rings. The van der Waals surface area contributed by atoms with Gasteiger partial charge in [0, 0.05) is 37.6 Å². The van der Waals surface area contributed by atoms with Gasteiger partial charge in [-0.1, -0.05) is 12.1 Å². The van der Waals surface area contributed by atoms with Crippen LogP contribution in [-0.2, 0) is 22.4 Å². The molecule has 4 heterocycles. The number of pyridine rings is 2. The van der Waals surface area contributed by atoms with E-state index in [-0.39, 0.29) is 18.2 Å². The molecule has 7 nitrogen and oxygen atoms in total. The fourth-order valence-corrected chi connectivity index (χ4v) is 3.83. The molecule has 2 aromatic heterocycles. The van der Waals surface area contributed by atoms with Gasteiger partial charge in [0.2, 0.25) is 0 Å². The smallest absolute Gasteiger partial charge is 0.176 e. The first-order valence-electron chi connectivity index (χ1n) is 9.41. The molecule has 0 saturated carbocycles. The molecule has 27 heavy (non-hydrogen) atoms. The Morgan fingerprint density at radius 3 is 2.59 bits per heavy atom. The number of fused-ring (bicyclic) bond motifs is 2. The van der Waals surface area contributed by atoms with E-state index in [9.17, 15) is 5.11 Å². The van der Waals surface area contributed by atoms with Gasteiger partial charge in [-0.2, -0.15) is 0 Å². The van der Waals surface area contributed by atoms with Crippen LogP contribution >= 0.6 is 0 Å². The average molecular weight is 370 g/mol. The third kappa shape index (κ3) is 4.17. The van der Waals surface area contributed by atoms with Crippen molar-refractivity contribution >= 4 is 0 Å². The van der Waals surface area contributed by atoms with E-state index in [1.54, 1.807) is 12.4 Å². The van der Waals surface area contributed by atoms with Gasteiger partial charge in [-0.15, -0.1) is 0 Å². The minimum atomic E-state index is -0.589. The normalized spacial score (nSPS) is 30.0. The summed E-state index contributed by atoms with van der Waals surface area (Å²) < 4.78 is 11.9. The van der Waals surface area contributed by atoms with Crippen LogP contribution in [0, 0.1) is 0 Å². The molecule has 2 saturated heterocycles. The molecule has 7 heteroatoms. The zero-order chi connectivity index (χ0) is 18.6. The fraction of sp³-hybridized carbons (Fsp3) is 0.500. The third-order valence-electron chi connectivity index (χ3n) is 5.33. The van der Waals surface area contributed by atoms with Crippen LogP contribution < -0.4 is 5.32 Å². The first-order chi connectivity index (χ1) is 13.2. The fourth-order valence-electron chi connectivity index (χ4n) is 3.83. The summed E-state index contributed by atoms with van der Waals surface area (Å²) in [6.45, 7) is 1.84. The van der Waals surface area contributed by atoms with Gasteiger partial charge in [0.1, 0.15) is 6.10 Å². The lowest BCUT2D eigenvalue weighted by molar-refractivity contribution is -0.178. The maximum Gasteiger partial charge on any atom is 0.176 e.